The van der Waals surface area contributed by atoms with Crippen molar-refractivity contribution in [1.82, 2.24) is 0 Å². The van der Waals surface area contributed by atoms with Gasteiger partial charge in [-0.3, -0.25) is 0 Å². The lowest BCUT2D eigenvalue weighted by Crippen LogP contribution is -1.92. The van der Waals surface area contributed by atoms with Gasteiger partial charge in [-0.15, -0.1) is 0 Å². The molecule has 0 aliphatic rings. The van der Waals surface area contributed by atoms with Gasteiger partial charge in [0.1, 0.15) is 0 Å². The van der Waals surface area contributed by atoms with E-state index in [0.717, 1.165) is 0 Å². The third-order valence-electron chi connectivity index (χ3n) is 0.620. The van der Waals surface area contributed by atoms with Crippen molar-refractivity contribution in [3.63, 3.8) is 0 Å². The molecule has 0 aliphatic heterocycles. The molecule has 1 unspecified atom stereocenters. The van der Waals surface area contributed by atoms with Crippen molar-refractivity contribution < 1.29 is 19.4 Å². The molecular weight excluding hydrogens is 143 g/mol. The summed E-state index contributed by atoms with van der Waals surface area (Å²) < 4.78 is 9.94. The van der Waals surface area contributed by atoms with Crippen molar-refractivity contribution in [3.8, 4) is 0 Å². The number of allylic oxidation sites excluding steroid dienone is 1. The first-order chi connectivity index (χ1) is 4.04. The number of hydrogen-bond donors (Lipinski definition) is 1. The van der Waals surface area contributed by atoms with Crippen LogP contribution in [0.1, 0.15) is 6.92 Å². The fraction of sp³-hybridized carbons (Fsp3) is 0.250. The minimum atomic E-state index is -2.71. The van der Waals surface area contributed by atoms with Crippen molar-refractivity contribution >= 4 is 14.0 Å². The van der Waals surface area contributed by atoms with Crippen LogP contribution in [0.2, 0.25) is 0 Å². The van der Waals surface area contributed by atoms with Gasteiger partial charge in [0.25, 0.3) is 0 Å². The standard InChI is InChI=1S/C4H5O4P/c1-3(9(7)8)2-4(5)6/h2H,1H3,(H,5,6). The number of carboxylic acids is 1. The highest BCUT2D eigenvalue weighted by molar-refractivity contribution is 7.41. The number of aliphatic carboxylic acids is 1. The van der Waals surface area contributed by atoms with Crippen LogP contribution in [-0.4, -0.2) is 11.1 Å². The van der Waals surface area contributed by atoms with Crippen LogP contribution in [0.4, 0.5) is 0 Å². The van der Waals surface area contributed by atoms with E-state index in [1.807, 2.05) is 0 Å². The van der Waals surface area contributed by atoms with Crippen LogP contribution in [0.15, 0.2) is 11.4 Å². The third kappa shape index (κ3) is 3.82. The van der Waals surface area contributed by atoms with Crippen molar-refractivity contribution in [1.29, 1.82) is 0 Å². The lowest BCUT2D eigenvalue weighted by molar-refractivity contribution is -0.162. The summed E-state index contributed by atoms with van der Waals surface area (Å²) in [6.45, 7) is 1.22. The zero-order valence-corrected chi connectivity index (χ0v) is 5.59. The van der Waals surface area contributed by atoms with E-state index < -0.39 is 14.0 Å². The lowest BCUT2D eigenvalue weighted by atomic mass is 10.5. The highest BCUT2D eigenvalue weighted by atomic mass is 31.1. The van der Waals surface area contributed by atoms with Crippen molar-refractivity contribution in [2.24, 2.45) is 0 Å². The summed E-state index contributed by atoms with van der Waals surface area (Å²) >= 11 is 0. The molecular formula is C4H5O4P. The highest BCUT2D eigenvalue weighted by Crippen LogP contribution is 2.20. The van der Waals surface area contributed by atoms with Gasteiger partial charge in [-0.1, -0.05) is 4.57 Å². The van der Waals surface area contributed by atoms with Gasteiger partial charge in [0, 0.05) is 6.92 Å². The average Bonchev–Trinajstić information content (AvgIpc) is 1.63. The van der Waals surface area contributed by atoms with Gasteiger partial charge in [-0.25, -0.2) is 4.79 Å². The van der Waals surface area contributed by atoms with Crippen molar-refractivity contribution in [2.75, 3.05) is 0 Å². The topological polar surface area (TPSA) is 77.4 Å². The summed E-state index contributed by atoms with van der Waals surface area (Å²) in [5, 5.41) is 7.85. The molecule has 0 saturated heterocycles. The maximum atomic E-state index is 9.94. The Labute approximate surface area is 52.7 Å². The van der Waals surface area contributed by atoms with Crippen LogP contribution < -0.4 is 4.89 Å². The molecule has 0 spiro atoms. The van der Waals surface area contributed by atoms with Crippen LogP contribution in [0.5, 0.6) is 0 Å². The maximum Gasteiger partial charge on any atom is 0.344 e. The Hall–Kier alpha value is -0.730. The Bertz CT molecular complexity index is 171. The van der Waals surface area contributed by atoms with E-state index in [1.54, 1.807) is 0 Å². The zero-order chi connectivity index (χ0) is 7.44. The molecule has 0 aromatic carbocycles. The third-order valence-corrected chi connectivity index (χ3v) is 1.33. The van der Waals surface area contributed by atoms with E-state index in [4.69, 9.17) is 5.11 Å². The molecule has 0 heterocycles. The SMILES string of the molecule is CC(=CC(=O)O)[P+](=O)[O-]. The Morgan fingerprint density at radius 2 is 2.22 bits per heavy atom. The van der Waals surface area contributed by atoms with Crippen LogP contribution in [0.3, 0.4) is 0 Å². The molecule has 1 atom stereocenters. The monoisotopic (exact) mass is 148 g/mol. The summed E-state index contributed by atoms with van der Waals surface area (Å²) in [4.78, 5) is 19.7. The van der Waals surface area contributed by atoms with Gasteiger partial charge in [0.05, 0.1) is 6.08 Å². The summed E-state index contributed by atoms with van der Waals surface area (Å²) in [6, 6.07) is 0. The van der Waals surface area contributed by atoms with Gasteiger partial charge in [0.15, 0.2) is 5.31 Å². The molecule has 9 heavy (non-hydrogen) atoms. The van der Waals surface area contributed by atoms with E-state index in [0.29, 0.717) is 6.08 Å². The zero-order valence-electron chi connectivity index (χ0n) is 4.70. The molecule has 5 heteroatoms. The van der Waals surface area contributed by atoms with E-state index in [-0.39, 0.29) is 5.31 Å². The van der Waals surface area contributed by atoms with Crippen LogP contribution in [0.25, 0.3) is 0 Å². The quantitative estimate of drug-likeness (QED) is 0.444. The number of carbonyl (C=O) groups is 1. The van der Waals surface area contributed by atoms with Gasteiger partial charge in [0.2, 0.25) is 0 Å². The second-order valence-electron chi connectivity index (χ2n) is 1.38. The fourth-order valence-electron chi connectivity index (χ4n) is 0.231. The molecule has 0 amide bonds. The summed E-state index contributed by atoms with van der Waals surface area (Å²) in [5.41, 5.74) is 0. The molecule has 1 N–H and O–H groups in total. The normalized spacial score (nSPS) is 13.1. The summed E-state index contributed by atoms with van der Waals surface area (Å²) in [5.74, 6) is -1.24. The Kier molecular flexibility index (Phi) is 3.06. The first kappa shape index (κ1) is 8.27. The molecule has 0 bridgehead atoms. The maximum absolute atomic E-state index is 9.94. The van der Waals surface area contributed by atoms with Crippen LogP contribution >= 0.6 is 8.03 Å². The van der Waals surface area contributed by atoms with Crippen molar-refractivity contribution in [2.45, 2.75) is 6.92 Å². The molecule has 0 aliphatic carbocycles. The van der Waals surface area contributed by atoms with E-state index in [2.05, 4.69) is 0 Å². The molecule has 0 saturated carbocycles. The molecule has 0 fully saturated rings. The van der Waals surface area contributed by atoms with Gasteiger partial charge in [-0.2, -0.15) is 0 Å². The van der Waals surface area contributed by atoms with E-state index in [9.17, 15) is 14.3 Å². The Morgan fingerprint density at radius 3 is 2.33 bits per heavy atom. The molecule has 0 aromatic rings. The summed E-state index contributed by atoms with van der Waals surface area (Å²) in [6.07, 6.45) is 0.645. The highest BCUT2D eigenvalue weighted by Gasteiger charge is 2.05. The predicted octanol–water partition coefficient (Wildman–Crippen LogP) is 0.0775. The van der Waals surface area contributed by atoms with E-state index in [1.165, 1.54) is 6.92 Å². The second kappa shape index (κ2) is 3.33. The van der Waals surface area contributed by atoms with Gasteiger partial charge in [-0.05, 0) is 0 Å². The van der Waals surface area contributed by atoms with Gasteiger partial charge < -0.3 is 10.00 Å². The summed E-state index contributed by atoms with van der Waals surface area (Å²) in [7, 11) is -2.71. The molecule has 0 aromatic heterocycles. The first-order valence-corrected chi connectivity index (χ1v) is 3.27. The van der Waals surface area contributed by atoms with E-state index >= 15 is 0 Å². The first-order valence-electron chi connectivity index (χ1n) is 2.09. The van der Waals surface area contributed by atoms with Gasteiger partial charge >= 0.3 is 14.0 Å². The molecule has 0 rings (SSSR count). The number of carboxylic acid groups (broad SMARTS) is 1. The smallest absolute Gasteiger partial charge is 0.344 e. The molecule has 50 valence electrons. The Morgan fingerprint density at radius 1 is 1.78 bits per heavy atom. The molecule has 0 radical (unpaired) electrons. The number of hydrogen-bond acceptors (Lipinski definition) is 3. The van der Waals surface area contributed by atoms with Crippen LogP contribution in [-0.2, 0) is 9.36 Å². The number of rotatable bonds is 2. The van der Waals surface area contributed by atoms with Crippen LogP contribution in [0, 0.1) is 0 Å². The lowest BCUT2D eigenvalue weighted by Gasteiger charge is -1.82. The fourth-order valence-corrected chi connectivity index (χ4v) is 0.447. The minimum absolute atomic E-state index is 0.141. The largest absolute Gasteiger partial charge is 0.591 e. The Balaban J connectivity index is 4.17. The second-order valence-corrected chi connectivity index (χ2v) is 2.60. The molecule has 4 nitrogen and oxygen atoms in total. The van der Waals surface area contributed by atoms with Crippen molar-refractivity contribution in [3.05, 3.63) is 11.4 Å². The predicted molar refractivity (Wildman–Crippen MR) is 29.0 cm³/mol. The minimum Gasteiger partial charge on any atom is -0.591 e. The average molecular weight is 148 g/mol.